The summed E-state index contributed by atoms with van der Waals surface area (Å²) in [5.74, 6) is 0.424. The van der Waals surface area contributed by atoms with E-state index in [9.17, 15) is 18.0 Å². The van der Waals surface area contributed by atoms with E-state index < -0.39 is 18.2 Å². The first-order chi connectivity index (χ1) is 14.2. The summed E-state index contributed by atoms with van der Waals surface area (Å²) in [6, 6.07) is -1.17. The van der Waals surface area contributed by atoms with Crippen LogP contribution in [0.3, 0.4) is 0 Å². The number of carbonyl (C=O) groups is 1. The standard InChI is InChI=1S/C19H22F3N7O/c1-11(19(20,21)22)25-18(30)29-14-3-4-15(29)8-12(7-14)16-5-6-23-17(27-16)26-13-9-24-28(2)10-13/h5-7,9-11,14-15H,3-4,8H2,1-2H3,(H,25,30)(H,23,26,27). The molecule has 2 aliphatic heterocycles. The highest BCUT2D eigenvalue weighted by Crippen LogP contribution is 2.38. The highest BCUT2D eigenvalue weighted by atomic mass is 19.4. The van der Waals surface area contributed by atoms with E-state index in [-0.39, 0.29) is 12.1 Å². The van der Waals surface area contributed by atoms with Crippen LogP contribution in [0.4, 0.5) is 29.6 Å². The second-order valence-corrected chi connectivity index (χ2v) is 7.61. The quantitative estimate of drug-likeness (QED) is 0.792. The Labute approximate surface area is 171 Å². The van der Waals surface area contributed by atoms with Crippen molar-refractivity contribution in [2.24, 2.45) is 7.05 Å². The summed E-state index contributed by atoms with van der Waals surface area (Å²) in [5.41, 5.74) is 2.46. The van der Waals surface area contributed by atoms with E-state index in [0.717, 1.165) is 30.3 Å². The SMILES string of the molecule is CC(NC(=O)N1C2C=C(c3ccnc(Nc4cnn(C)c4)n3)CC1CC2)C(F)(F)F. The largest absolute Gasteiger partial charge is 0.408 e. The number of hydrogen-bond acceptors (Lipinski definition) is 5. The molecule has 30 heavy (non-hydrogen) atoms. The van der Waals surface area contributed by atoms with E-state index in [2.05, 4.69) is 25.7 Å². The second kappa shape index (κ2) is 7.62. The molecule has 2 aromatic rings. The monoisotopic (exact) mass is 421 g/mol. The number of anilines is 2. The third-order valence-corrected chi connectivity index (χ3v) is 5.41. The van der Waals surface area contributed by atoms with Crippen molar-refractivity contribution in [1.82, 2.24) is 30.0 Å². The maximum Gasteiger partial charge on any atom is 0.408 e. The highest BCUT2D eigenvalue weighted by molar-refractivity contribution is 5.78. The molecule has 8 nitrogen and oxygen atoms in total. The third-order valence-electron chi connectivity index (χ3n) is 5.41. The Kier molecular flexibility index (Phi) is 5.12. The van der Waals surface area contributed by atoms with Crippen molar-refractivity contribution in [1.29, 1.82) is 0 Å². The number of amides is 2. The van der Waals surface area contributed by atoms with Crippen LogP contribution < -0.4 is 10.6 Å². The number of nitrogens with one attached hydrogen (secondary N) is 2. The number of halogens is 3. The predicted octanol–water partition coefficient (Wildman–Crippen LogP) is 3.23. The average molecular weight is 421 g/mol. The summed E-state index contributed by atoms with van der Waals surface area (Å²) in [6.07, 6.45) is 4.56. The van der Waals surface area contributed by atoms with E-state index in [1.54, 1.807) is 29.3 Å². The Hall–Kier alpha value is -3.11. The van der Waals surface area contributed by atoms with Gasteiger partial charge in [0.2, 0.25) is 5.95 Å². The fourth-order valence-corrected chi connectivity index (χ4v) is 3.89. The lowest BCUT2D eigenvalue weighted by molar-refractivity contribution is -0.149. The van der Waals surface area contributed by atoms with Crippen LogP contribution in [-0.2, 0) is 7.05 Å². The normalized spacial score (nSPS) is 21.9. The van der Waals surface area contributed by atoms with Gasteiger partial charge in [0.05, 0.1) is 23.6 Å². The Morgan fingerprint density at radius 3 is 2.80 bits per heavy atom. The third kappa shape index (κ3) is 4.10. The first kappa shape index (κ1) is 20.2. The van der Waals surface area contributed by atoms with Gasteiger partial charge in [-0.05, 0) is 37.8 Å². The molecule has 0 saturated carbocycles. The van der Waals surface area contributed by atoms with Crippen LogP contribution in [0, 0.1) is 0 Å². The maximum atomic E-state index is 12.8. The fourth-order valence-electron chi connectivity index (χ4n) is 3.89. The molecule has 2 N–H and O–H groups in total. The molecule has 0 aliphatic carbocycles. The lowest BCUT2D eigenvalue weighted by atomic mass is 9.98. The minimum Gasteiger partial charge on any atom is -0.326 e. The van der Waals surface area contributed by atoms with Gasteiger partial charge in [-0.3, -0.25) is 4.68 Å². The first-order valence-electron chi connectivity index (χ1n) is 9.66. The van der Waals surface area contributed by atoms with Gasteiger partial charge in [-0.25, -0.2) is 14.8 Å². The molecule has 11 heteroatoms. The van der Waals surface area contributed by atoms with Gasteiger partial charge < -0.3 is 15.5 Å². The summed E-state index contributed by atoms with van der Waals surface area (Å²) in [6.45, 7) is 0.947. The Bertz CT molecular complexity index is 971. The summed E-state index contributed by atoms with van der Waals surface area (Å²) in [7, 11) is 1.81. The van der Waals surface area contributed by atoms with Crippen LogP contribution in [0.15, 0.2) is 30.7 Å². The lowest BCUT2D eigenvalue weighted by Crippen LogP contribution is -2.53. The van der Waals surface area contributed by atoms with E-state index in [1.807, 2.05) is 13.1 Å². The van der Waals surface area contributed by atoms with Crippen molar-refractivity contribution < 1.29 is 18.0 Å². The second-order valence-electron chi connectivity index (χ2n) is 7.61. The van der Waals surface area contributed by atoms with Gasteiger partial charge in [0.1, 0.15) is 6.04 Å². The van der Waals surface area contributed by atoms with Crippen molar-refractivity contribution in [2.45, 2.75) is 50.5 Å². The Morgan fingerprint density at radius 2 is 2.13 bits per heavy atom. The fraction of sp³-hybridized carbons (Fsp3) is 0.474. The number of rotatable bonds is 4. The molecule has 160 valence electrons. The zero-order chi connectivity index (χ0) is 21.5. The van der Waals surface area contributed by atoms with Gasteiger partial charge in [-0.2, -0.15) is 18.3 Å². The molecule has 3 unspecified atom stereocenters. The minimum atomic E-state index is -4.47. The molecule has 4 heterocycles. The van der Waals surface area contributed by atoms with Crippen molar-refractivity contribution in [3.05, 3.63) is 36.4 Å². The average Bonchev–Trinajstić information content (AvgIpc) is 3.20. The molecule has 1 fully saturated rings. The van der Waals surface area contributed by atoms with Crippen molar-refractivity contribution in [3.63, 3.8) is 0 Å². The summed E-state index contributed by atoms with van der Waals surface area (Å²) in [4.78, 5) is 22.8. The predicted molar refractivity (Wildman–Crippen MR) is 104 cm³/mol. The van der Waals surface area contributed by atoms with Gasteiger partial charge >= 0.3 is 12.2 Å². The topological polar surface area (TPSA) is 88.0 Å². The number of hydrogen-bond donors (Lipinski definition) is 2. The van der Waals surface area contributed by atoms with Gasteiger partial charge in [0.25, 0.3) is 0 Å². The molecule has 2 amide bonds. The molecule has 0 radical (unpaired) electrons. The Morgan fingerprint density at radius 1 is 1.33 bits per heavy atom. The summed E-state index contributed by atoms with van der Waals surface area (Å²) in [5, 5.41) is 9.25. The number of aryl methyl sites for hydroxylation is 1. The lowest BCUT2D eigenvalue weighted by Gasteiger charge is -2.35. The van der Waals surface area contributed by atoms with E-state index in [0.29, 0.717) is 18.8 Å². The van der Waals surface area contributed by atoms with Crippen LogP contribution in [-0.4, -0.2) is 55.0 Å². The Balaban J connectivity index is 1.49. The van der Waals surface area contributed by atoms with E-state index >= 15 is 0 Å². The molecule has 4 rings (SSSR count). The molecule has 2 aliphatic rings. The molecular weight excluding hydrogens is 399 g/mol. The van der Waals surface area contributed by atoms with E-state index in [4.69, 9.17) is 0 Å². The van der Waals surface area contributed by atoms with Gasteiger partial charge in [0.15, 0.2) is 0 Å². The van der Waals surface area contributed by atoms with Crippen molar-refractivity contribution in [3.8, 4) is 0 Å². The van der Waals surface area contributed by atoms with Crippen LogP contribution in [0.5, 0.6) is 0 Å². The van der Waals surface area contributed by atoms with Gasteiger partial charge in [-0.15, -0.1) is 0 Å². The smallest absolute Gasteiger partial charge is 0.326 e. The summed E-state index contributed by atoms with van der Waals surface area (Å²) >= 11 is 0. The zero-order valence-electron chi connectivity index (χ0n) is 16.5. The number of aromatic nitrogens is 4. The molecule has 2 bridgehead atoms. The molecule has 0 aromatic carbocycles. The summed E-state index contributed by atoms with van der Waals surface area (Å²) < 4.78 is 40.0. The van der Waals surface area contributed by atoms with Gasteiger partial charge in [0, 0.05) is 25.5 Å². The van der Waals surface area contributed by atoms with Crippen molar-refractivity contribution >= 4 is 23.2 Å². The van der Waals surface area contributed by atoms with Crippen LogP contribution in [0.25, 0.3) is 5.57 Å². The number of alkyl halides is 3. The van der Waals surface area contributed by atoms with Crippen LogP contribution in [0.2, 0.25) is 0 Å². The molecule has 2 aromatic heterocycles. The van der Waals surface area contributed by atoms with Crippen LogP contribution >= 0.6 is 0 Å². The van der Waals surface area contributed by atoms with Crippen molar-refractivity contribution in [2.75, 3.05) is 5.32 Å². The highest BCUT2D eigenvalue weighted by Gasteiger charge is 2.43. The number of urea groups is 1. The van der Waals surface area contributed by atoms with Gasteiger partial charge in [-0.1, -0.05) is 6.08 Å². The molecular formula is C19H22F3N7O. The molecule has 1 saturated heterocycles. The number of fused-ring (bicyclic) bond motifs is 2. The zero-order valence-corrected chi connectivity index (χ0v) is 16.5. The molecule has 3 atom stereocenters. The van der Waals surface area contributed by atoms with Crippen LogP contribution in [0.1, 0.15) is 31.9 Å². The molecule has 0 spiro atoms. The van der Waals surface area contributed by atoms with E-state index in [1.165, 1.54) is 4.90 Å². The maximum absolute atomic E-state index is 12.8. The number of nitrogens with zero attached hydrogens (tertiary/aromatic N) is 5. The minimum absolute atomic E-state index is 0.153. The first-order valence-corrected chi connectivity index (χ1v) is 9.66. The number of carbonyl (C=O) groups excluding carboxylic acids is 1.